The number of hydrogen-bond acceptors (Lipinski definition) is 6. The molecule has 1 atom stereocenters. The minimum absolute atomic E-state index is 0. The summed E-state index contributed by atoms with van der Waals surface area (Å²) in [5.74, 6) is 0.730. The van der Waals surface area contributed by atoms with Gasteiger partial charge in [0, 0.05) is 50.5 Å². The minimum atomic E-state index is -0.389. The van der Waals surface area contributed by atoms with E-state index < -0.39 is 0 Å². The number of halogens is 1. The van der Waals surface area contributed by atoms with Gasteiger partial charge in [-0.1, -0.05) is 12.1 Å². The van der Waals surface area contributed by atoms with Crippen molar-refractivity contribution in [1.29, 1.82) is 0 Å². The van der Waals surface area contributed by atoms with Gasteiger partial charge in [-0.3, -0.25) is 15.0 Å². The van der Waals surface area contributed by atoms with Crippen LogP contribution in [0.4, 0.5) is 5.69 Å². The summed E-state index contributed by atoms with van der Waals surface area (Å²) in [6.07, 6.45) is 3.58. The van der Waals surface area contributed by atoms with E-state index >= 15 is 0 Å². The van der Waals surface area contributed by atoms with E-state index in [2.05, 4.69) is 29.4 Å². The molecule has 1 aromatic rings. The second-order valence-electron chi connectivity index (χ2n) is 8.72. The Bertz CT molecular complexity index is 732. The highest BCUT2D eigenvalue weighted by molar-refractivity contribution is 14.0. The highest BCUT2D eigenvalue weighted by Gasteiger charge is 2.28. The second-order valence-corrected chi connectivity index (χ2v) is 8.72. The molecule has 0 amide bonds. The molecule has 0 spiro atoms. The Balaban J connectivity index is 0.00000363. The number of guanidine groups is 1. The Morgan fingerprint density at radius 3 is 2.53 bits per heavy atom. The lowest BCUT2D eigenvalue weighted by Crippen LogP contribution is -2.56. The molecule has 2 N–H and O–H groups in total. The summed E-state index contributed by atoms with van der Waals surface area (Å²) in [6.45, 7) is 10.5. The van der Waals surface area contributed by atoms with Crippen molar-refractivity contribution >= 4 is 35.6 Å². The number of ether oxygens (including phenoxy) is 2. The average molecular weight is 561 g/mol. The third-order valence-electron chi connectivity index (χ3n) is 5.89. The minimum Gasteiger partial charge on any atom is -0.379 e. The van der Waals surface area contributed by atoms with Gasteiger partial charge in [-0.25, -0.2) is 4.99 Å². The molecule has 1 aromatic carbocycles. The number of hydrogen-bond donors (Lipinski definition) is 2. The summed E-state index contributed by atoms with van der Waals surface area (Å²) in [5, 5.41) is 17.8. The first-order valence-corrected chi connectivity index (χ1v) is 11.1. The topological polar surface area (TPSA) is 101 Å². The highest BCUT2D eigenvalue weighted by Crippen LogP contribution is 2.16. The van der Waals surface area contributed by atoms with Crippen molar-refractivity contribution in [3.8, 4) is 0 Å². The van der Waals surface area contributed by atoms with E-state index in [1.165, 1.54) is 18.6 Å². The van der Waals surface area contributed by atoms with Gasteiger partial charge in [-0.2, -0.15) is 0 Å². The van der Waals surface area contributed by atoms with Gasteiger partial charge in [0.25, 0.3) is 5.69 Å². The molecule has 10 heteroatoms. The first-order valence-electron chi connectivity index (χ1n) is 11.1. The smallest absolute Gasteiger partial charge is 0.269 e. The number of non-ortho nitro benzene ring substituents is 1. The Labute approximate surface area is 207 Å². The molecular weight excluding hydrogens is 525 g/mol. The van der Waals surface area contributed by atoms with Crippen molar-refractivity contribution in [3.63, 3.8) is 0 Å². The average Bonchev–Trinajstić information content (AvgIpc) is 2.80. The molecule has 2 heterocycles. The maximum atomic E-state index is 10.9. The summed E-state index contributed by atoms with van der Waals surface area (Å²) in [7, 11) is 0. The van der Waals surface area contributed by atoms with Crippen LogP contribution in [0.5, 0.6) is 0 Å². The number of morpholine rings is 1. The lowest BCUT2D eigenvalue weighted by molar-refractivity contribution is -0.384. The van der Waals surface area contributed by atoms with Gasteiger partial charge in [0.2, 0.25) is 0 Å². The molecule has 2 aliphatic heterocycles. The number of aliphatic imine (C=N–C) groups is 1. The Morgan fingerprint density at radius 1 is 1.19 bits per heavy atom. The first kappa shape index (κ1) is 26.7. The number of nitro groups is 1. The van der Waals surface area contributed by atoms with Crippen LogP contribution >= 0.6 is 24.0 Å². The van der Waals surface area contributed by atoms with Gasteiger partial charge in [-0.05, 0) is 38.7 Å². The summed E-state index contributed by atoms with van der Waals surface area (Å²) in [6, 6.07) is 6.54. The monoisotopic (exact) mass is 561 g/mol. The molecule has 1 unspecified atom stereocenters. The van der Waals surface area contributed by atoms with Crippen LogP contribution in [0.2, 0.25) is 0 Å². The van der Waals surface area contributed by atoms with Crippen LogP contribution in [0.3, 0.4) is 0 Å². The fourth-order valence-corrected chi connectivity index (χ4v) is 3.83. The lowest BCUT2D eigenvalue weighted by atomic mass is 10.0. The first-order chi connectivity index (χ1) is 14.9. The van der Waals surface area contributed by atoms with E-state index in [1.807, 2.05) is 0 Å². The maximum Gasteiger partial charge on any atom is 0.269 e. The summed E-state index contributed by atoms with van der Waals surface area (Å²) in [5.41, 5.74) is 0.972. The zero-order valence-corrected chi connectivity index (χ0v) is 21.4. The van der Waals surface area contributed by atoms with Crippen molar-refractivity contribution in [2.75, 3.05) is 46.0 Å². The zero-order chi connectivity index (χ0) is 22.1. The van der Waals surface area contributed by atoms with Crippen molar-refractivity contribution in [2.45, 2.75) is 51.3 Å². The van der Waals surface area contributed by atoms with Crippen LogP contribution in [-0.4, -0.2) is 73.4 Å². The summed E-state index contributed by atoms with van der Waals surface area (Å²) < 4.78 is 11.3. The van der Waals surface area contributed by atoms with Crippen LogP contribution in [0.25, 0.3) is 0 Å². The second kappa shape index (κ2) is 13.3. The van der Waals surface area contributed by atoms with E-state index in [1.54, 1.807) is 12.1 Å². The predicted octanol–water partition coefficient (Wildman–Crippen LogP) is 2.93. The zero-order valence-electron chi connectivity index (χ0n) is 19.0. The van der Waals surface area contributed by atoms with Crippen LogP contribution in [-0.2, 0) is 16.0 Å². The summed E-state index contributed by atoms with van der Waals surface area (Å²) in [4.78, 5) is 17.6. The van der Waals surface area contributed by atoms with E-state index in [4.69, 9.17) is 14.5 Å². The number of nitrogens with one attached hydrogen (secondary N) is 2. The SMILES string of the molecule is CC(C)(CNC(=NCc1ccc([N+](=O)[O-])cc1)NCC1CCCCO1)N1CCOCC1.I. The van der Waals surface area contributed by atoms with Gasteiger partial charge >= 0.3 is 0 Å². The third kappa shape index (κ3) is 8.45. The fourth-order valence-electron chi connectivity index (χ4n) is 3.83. The van der Waals surface area contributed by atoms with E-state index in [-0.39, 0.29) is 46.2 Å². The van der Waals surface area contributed by atoms with Crippen molar-refractivity contribution in [3.05, 3.63) is 39.9 Å². The van der Waals surface area contributed by atoms with Crippen molar-refractivity contribution < 1.29 is 14.4 Å². The summed E-state index contributed by atoms with van der Waals surface area (Å²) >= 11 is 0. The standard InChI is InChI=1S/C22H35N5O4.HI/c1-22(2,26-10-13-30-14-11-26)17-25-21(24-16-20-5-3-4-12-31-20)23-15-18-6-8-19(9-7-18)27(28)29;/h6-9,20H,3-5,10-17H2,1-2H3,(H2,23,24,25);1H. The number of rotatable bonds is 8. The third-order valence-corrected chi connectivity index (χ3v) is 5.89. The van der Waals surface area contributed by atoms with Gasteiger partial charge in [0.15, 0.2) is 5.96 Å². The van der Waals surface area contributed by atoms with Gasteiger partial charge in [0.05, 0.1) is 30.8 Å². The van der Waals surface area contributed by atoms with Gasteiger partial charge < -0.3 is 20.1 Å². The predicted molar refractivity (Wildman–Crippen MR) is 136 cm³/mol. The van der Waals surface area contributed by atoms with Crippen LogP contribution in [0, 0.1) is 10.1 Å². The van der Waals surface area contributed by atoms with Crippen molar-refractivity contribution in [1.82, 2.24) is 15.5 Å². The Kier molecular flexibility index (Phi) is 11.1. The molecular formula is C22H36IN5O4. The molecule has 2 saturated heterocycles. The van der Waals surface area contributed by atoms with Crippen LogP contribution in [0.1, 0.15) is 38.7 Å². The highest BCUT2D eigenvalue weighted by atomic mass is 127. The molecule has 32 heavy (non-hydrogen) atoms. The molecule has 0 radical (unpaired) electrons. The maximum absolute atomic E-state index is 10.9. The lowest BCUT2D eigenvalue weighted by Gasteiger charge is -2.41. The molecule has 0 aromatic heterocycles. The van der Waals surface area contributed by atoms with Crippen molar-refractivity contribution in [2.24, 2.45) is 4.99 Å². The quantitative estimate of drug-likeness (QED) is 0.166. The van der Waals surface area contributed by atoms with E-state index in [9.17, 15) is 10.1 Å². The number of nitro benzene ring substituents is 1. The molecule has 2 fully saturated rings. The van der Waals surface area contributed by atoms with Gasteiger partial charge in [-0.15, -0.1) is 24.0 Å². The van der Waals surface area contributed by atoms with E-state index in [0.29, 0.717) is 13.1 Å². The van der Waals surface area contributed by atoms with Gasteiger partial charge in [0.1, 0.15) is 0 Å². The molecule has 0 saturated carbocycles. The molecule has 2 aliphatic rings. The molecule has 0 bridgehead atoms. The molecule has 0 aliphatic carbocycles. The normalized spacial score (nSPS) is 20.3. The fraction of sp³-hybridized carbons (Fsp3) is 0.682. The van der Waals surface area contributed by atoms with E-state index in [0.717, 1.165) is 63.8 Å². The van der Waals surface area contributed by atoms with Crippen LogP contribution in [0.15, 0.2) is 29.3 Å². The molecule has 3 rings (SSSR count). The van der Waals surface area contributed by atoms with Crippen LogP contribution < -0.4 is 10.6 Å². The number of benzene rings is 1. The molecule has 9 nitrogen and oxygen atoms in total. The Hall–Kier alpha value is -1.50. The number of nitrogens with zero attached hydrogens (tertiary/aromatic N) is 3. The largest absolute Gasteiger partial charge is 0.379 e. The molecule has 180 valence electrons. The Morgan fingerprint density at radius 2 is 1.91 bits per heavy atom.